The Bertz CT molecular complexity index is 954. The van der Waals surface area contributed by atoms with Gasteiger partial charge in [0.15, 0.2) is 0 Å². The predicted molar refractivity (Wildman–Crippen MR) is 107 cm³/mol. The maximum atomic E-state index is 11.9. The lowest BCUT2D eigenvalue weighted by atomic mass is 10.1. The van der Waals surface area contributed by atoms with Gasteiger partial charge in [-0.3, -0.25) is 0 Å². The highest BCUT2D eigenvalue weighted by molar-refractivity contribution is 5.81. The Hall–Kier alpha value is -2.75. The van der Waals surface area contributed by atoms with Gasteiger partial charge in [-0.25, -0.2) is 4.79 Å². The number of nitrogens with zero attached hydrogens (tertiary/aromatic N) is 1. The Morgan fingerprint density at radius 1 is 1.04 bits per heavy atom. The van der Waals surface area contributed by atoms with E-state index in [1.807, 2.05) is 12.1 Å². The first kappa shape index (κ1) is 16.7. The first-order valence-electron chi connectivity index (χ1n) is 9.37. The lowest BCUT2D eigenvalue weighted by molar-refractivity contribution is 0.559. The van der Waals surface area contributed by atoms with Crippen LogP contribution in [-0.2, 0) is 13.0 Å². The first-order chi connectivity index (χ1) is 12.7. The number of aryl methyl sites for hydroxylation is 1. The fraction of sp³-hybridized carbons (Fsp3) is 0.318. The third kappa shape index (κ3) is 3.45. The van der Waals surface area contributed by atoms with Crippen molar-refractivity contribution in [2.24, 2.45) is 0 Å². The van der Waals surface area contributed by atoms with Gasteiger partial charge in [0.1, 0.15) is 5.58 Å². The van der Waals surface area contributed by atoms with Crippen molar-refractivity contribution >= 4 is 22.3 Å². The van der Waals surface area contributed by atoms with Crippen LogP contribution in [0.25, 0.3) is 11.0 Å². The fourth-order valence-electron chi connectivity index (χ4n) is 3.60. The highest BCUT2D eigenvalue weighted by Crippen LogP contribution is 2.23. The van der Waals surface area contributed by atoms with Crippen LogP contribution in [0.4, 0.5) is 11.4 Å². The Balaban J connectivity index is 1.53. The van der Waals surface area contributed by atoms with Crippen molar-refractivity contribution in [3.8, 4) is 0 Å². The van der Waals surface area contributed by atoms with Crippen molar-refractivity contribution < 1.29 is 4.42 Å². The fourth-order valence-corrected chi connectivity index (χ4v) is 3.60. The summed E-state index contributed by atoms with van der Waals surface area (Å²) in [6.07, 6.45) is 3.48. The molecule has 1 saturated heterocycles. The third-order valence-electron chi connectivity index (χ3n) is 5.12. The van der Waals surface area contributed by atoms with Gasteiger partial charge in [0.25, 0.3) is 0 Å². The van der Waals surface area contributed by atoms with E-state index < -0.39 is 0 Å². The van der Waals surface area contributed by atoms with E-state index >= 15 is 0 Å². The molecule has 4 rings (SSSR count). The van der Waals surface area contributed by atoms with Gasteiger partial charge < -0.3 is 14.6 Å². The molecule has 4 heteroatoms. The van der Waals surface area contributed by atoms with Crippen LogP contribution in [0.1, 0.15) is 30.9 Å². The van der Waals surface area contributed by atoms with E-state index in [4.69, 9.17) is 4.42 Å². The van der Waals surface area contributed by atoms with Gasteiger partial charge in [-0.05, 0) is 60.7 Å². The van der Waals surface area contributed by atoms with Crippen molar-refractivity contribution in [3.63, 3.8) is 0 Å². The Kier molecular flexibility index (Phi) is 4.65. The number of hydrogen-bond acceptors (Lipinski definition) is 4. The summed E-state index contributed by atoms with van der Waals surface area (Å²) in [5.41, 5.74) is 4.83. The minimum Gasteiger partial charge on any atom is -0.423 e. The maximum absolute atomic E-state index is 11.9. The SMILES string of the molecule is CCc1ccc2c(CNc3ccc(N4CCCC4)cc3)cc(=O)oc2c1. The number of benzene rings is 2. The van der Waals surface area contributed by atoms with Crippen molar-refractivity contribution in [2.75, 3.05) is 23.3 Å². The molecule has 1 N–H and O–H groups in total. The van der Waals surface area contributed by atoms with Crippen molar-refractivity contribution in [1.82, 2.24) is 0 Å². The molecule has 1 aromatic heterocycles. The van der Waals surface area contributed by atoms with Crippen LogP contribution in [0.15, 0.2) is 57.7 Å². The van der Waals surface area contributed by atoms with Gasteiger partial charge in [0.05, 0.1) is 0 Å². The maximum Gasteiger partial charge on any atom is 0.336 e. The monoisotopic (exact) mass is 348 g/mol. The van der Waals surface area contributed by atoms with Crippen LogP contribution in [-0.4, -0.2) is 13.1 Å². The summed E-state index contributed by atoms with van der Waals surface area (Å²) in [6.45, 7) is 4.99. The van der Waals surface area contributed by atoms with Gasteiger partial charge >= 0.3 is 5.63 Å². The molecule has 0 unspecified atom stereocenters. The lowest BCUT2D eigenvalue weighted by Crippen LogP contribution is -2.17. The lowest BCUT2D eigenvalue weighted by Gasteiger charge is -2.18. The summed E-state index contributed by atoms with van der Waals surface area (Å²) in [7, 11) is 0. The zero-order valence-corrected chi connectivity index (χ0v) is 15.1. The molecule has 0 amide bonds. The normalized spacial score (nSPS) is 14.1. The average molecular weight is 348 g/mol. The minimum absolute atomic E-state index is 0.299. The molecule has 1 aliphatic heterocycles. The van der Waals surface area contributed by atoms with E-state index in [1.165, 1.54) is 24.1 Å². The molecule has 26 heavy (non-hydrogen) atoms. The number of nitrogens with one attached hydrogen (secondary N) is 1. The number of rotatable bonds is 5. The Morgan fingerprint density at radius 3 is 2.54 bits per heavy atom. The molecule has 1 aliphatic rings. The summed E-state index contributed by atoms with van der Waals surface area (Å²) in [6, 6.07) is 16.2. The van der Waals surface area contributed by atoms with Crippen LogP contribution in [0.3, 0.4) is 0 Å². The minimum atomic E-state index is -0.299. The largest absolute Gasteiger partial charge is 0.423 e. The molecule has 0 bridgehead atoms. The van der Waals surface area contributed by atoms with Crippen LogP contribution in [0.2, 0.25) is 0 Å². The van der Waals surface area contributed by atoms with E-state index in [0.717, 1.165) is 36.1 Å². The molecule has 2 aromatic carbocycles. The molecule has 0 aliphatic carbocycles. The quantitative estimate of drug-likeness (QED) is 0.686. The van der Waals surface area contributed by atoms with E-state index in [0.29, 0.717) is 12.1 Å². The molecule has 0 radical (unpaired) electrons. The van der Waals surface area contributed by atoms with Gasteiger partial charge in [-0.2, -0.15) is 0 Å². The van der Waals surface area contributed by atoms with Crippen molar-refractivity contribution in [2.45, 2.75) is 32.7 Å². The predicted octanol–water partition coefficient (Wildman–Crippen LogP) is 4.57. The van der Waals surface area contributed by atoms with Gasteiger partial charge in [0.2, 0.25) is 0 Å². The highest BCUT2D eigenvalue weighted by Gasteiger charge is 2.12. The number of hydrogen-bond donors (Lipinski definition) is 1. The Labute approximate surface area is 153 Å². The molecule has 4 nitrogen and oxygen atoms in total. The smallest absolute Gasteiger partial charge is 0.336 e. The zero-order valence-electron chi connectivity index (χ0n) is 15.1. The van der Waals surface area contributed by atoms with Gasteiger partial charge in [-0.15, -0.1) is 0 Å². The molecular weight excluding hydrogens is 324 g/mol. The number of fused-ring (bicyclic) bond motifs is 1. The summed E-state index contributed by atoms with van der Waals surface area (Å²) in [4.78, 5) is 14.3. The molecule has 2 heterocycles. The van der Waals surface area contributed by atoms with E-state index in [2.05, 4.69) is 47.5 Å². The third-order valence-corrected chi connectivity index (χ3v) is 5.12. The van der Waals surface area contributed by atoms with E-state index in [9.17, 15) is 4.79 Å². The molecule has 3 aromatic rings. The molecule has 0 atom stereocenters. The van der Waals surface area contributed by atoms with Crippen molar-refractivity contribution in [1.29, 1.82) is 0 Å². The molecule has 1 fully saturated rings. The van der Waals surface area contributed by atoms with Crippen molar-refractivity contribution in [3.05, 3.63) is 70.1 Å². The first-order valence-corrected chi connectivity index (χ1v) is 9.37. The van der Waals surface area contributed by atoms with E-state index in [-0.39, 0.29) is 5.63 Å². The highest BCUT2D eigenvalue weighted by atomic mass is 16.4. The topological polar surface area (TPSA) is 45.5 Å². The summed E-state index contributed by atoms with van der Waals surface area (Å²) < 4.78 is 5.38. The second-order valence-electron chi connectivity index (χ2n) is 6.87. The van der Waals surface area contributed by atoms with Crippen LogP contribution in [0.5, 0.6) is 0 Å². The zero-order chi connectivity index (χ0) is 17.9. The second-order valence-corrected chi connectivity index (χ2v) is 6.87. The Morgan fingerprint density at radius 2 is 1.81 bits per heavy atom. The number of anilines is 2. The molecule has 0 saturated carbocycles. The summed E-state index contributed by atoms with van der Waals surface area (Å²) in [5, 5.41) is 4.42. The summed E-state index contributed by atoms with van der Waals surface area (Å²) >= 11 is 0. The molecule has 0 spiro atoms. The van der Waals surface area contributed by atoms with Crippen LogP contribution >= 0.6 is 0 Å². The van der Waals surface area contributed by atoms with Crippen LogP contribution < -0.4 is 15.8 Å². The summed E-state index contributed by atoms with van der Waals surface area (Å²) in [5.74, 6) is 0. The molecular formula is C22H24N2O2. The molecule has 134 valence electrons. The van der Waals surface area contributed by atoms with Crippen LogP contribution in [0, 0.1) is 0 Å². The average Bonchev–Trinajstić information content (AvgIpc) is 3.20. The van der Waals surface area contributed by atoms with Gasteiger partial charge in [0, 0.05) is 42.5 Å². The van der Waals surface area contributed by atoms with E-state index in [1.54, 1.807) is 6.07 Å². The van der Waals surface area contributed by atoms with Gasteiger partial charge in [-0.1, -0.05) is 19.1 Å². The standard InChI is InChI=1S/C22H24N2O2/c1-2-16-5-10-20-17(14-22(25)26-21(20)13-16)15-23-18-6-8-19(9-7-18)24-11-3-4-12-24/h5-10,13-14,23H,2-4,11-12,15H2,1H3. The second kappa shape index (κ2) is 7.24.